The monoisotopic (exact) mass is 268 g/mol. The third-order valence-corrected chi connectivity index (χ3v) is 3.64. The Labute approximate surface area is 110 Å². The Kier molecular flexibility index (Phi) is 3.21. The number of nitriles is 1. The molecule has 0 amide bonds. The van der Waals surface area contributed by atoms with Crippen molar-refractivity contribution in [2.45, 2.75) is 38.4 Å². The number of halogens is 3. The molecule has 0 radical (unpaired) electrons. The maximum Gasteiger partial charge on any atom is 0.417 e. The third kappa shape index (κ3) is 2.53. The molecular weight excluding hydrogens is 253 g/mol. The van der Waals surface area contributed by atoms with Crippen molar-refractivity contribution in [1.29, 1.82) is 5.26 Å². The van der Waals surface area contributed by atoms with Gasteiger partial charge in [-0.15, -0.1) is 0 Å². The summed E-state index contributed by atoms with van der Waals surface area (Å²) in [6.07, 6.45) is -2.48. The van der Waals surface area contributed by atoms with Crippen molar-refractivity contribution in [3.63, 3.8) is 0 Å². The molecule has 1 aliphatic rings. The number of benzene rings is 1. The SMILES string of the molecule is CC1(C)CCCN1c1ccc(C(F)(F)F)c(C#N)c1. The van der Waals surface area contributed by atoms with Crippen molar-refractivity contribution in [3.05, 3.63) is 29.3 Å². The highest BCUT2D eigenvalue weighted by molar-refractivity contribution is 5.57. The fourth-order valence-electron chi connectivity index (χ4n) is 2.63. The molecule has 1 heterocycles. The molecule has 5 heteroatoms. The van der Waals surface area contributed by atoms with Crippen LogP contribution in [0.25, 0.3) is 0 Å². The first-order chi connectivity index (χ1) is 8.75. The zero-order valence-electron chi connectivity index (χ0n) is 10.9. The van der Waals surface area contributed by atoms with Crippen LogP contribution in [0, 0.1) is 11.3 Å². The summed E-state index contributed by atoms with van der Waals surface area (Å²) in [5.74, 6) is 0. The van der Waals surface area contributed by atoms with E-state index in [2.05, 4.69) is 18.7 Å². The van der Waals surface area contributed by atoms with Crippen LogP contribution in [0.3, 0.4) is 0 Å². The van der Waals surface area contributed by atoms with Crippen LogP contribution in [-0.4, -0.2) is 12.1 Å². The average molecular weight is 268 g/mol. The second-order valence-corrected chi connectivity index (χ2v) is 5.41. The first-order valence-electron chi connectivity index (χ1n) is 6.15. The van der Waals surface area contributed by atoms with Crippen molar-refractivity contribution in [1.82, 2.24) is 0 Å². The second-order valence-electron chi connectivity index (χ2n) is 5.41. The molecule has 1 saturated heterocycles. The van der Waals surface area contributed by atoms with Crippen LogP contribution in [0.2, 0.25) is 0 Å². The topological polar surface area (TPSA) is 27.0 Å². The van der Waals surface area contributed by atoms with Gasteiger partial charge in [0.15, 0.2) is 0 Å². The summed E-state index contributed by atoms with van der Waals surface area (Å²) in [6.45, 7) is 4.93. The molecule has 0 aliphatic carbocycles. The van der Waals surface area contributed by atoms with Gasteiger partial charge in [-0.05, 0) is 44.9 Å². The normalized spacial score (nSPS) is 18.4. The van der Waals surface area contributed by atoms with Gasteiger partial charge in [-0.2, -0.15) is 18.4 Å². The predicted octanol–water partition coefficient (Wildman–Crippen LogP) is 3.96. The van der Waals surface area contributed by atoms with Gasteiger partial charge in [0, 0.05) is 17.8 Å². The van der Waals surface area contributed by atoms with Gasteiger partial charge < -0.3 is 4.90 Å². The Morgan fingerprint density at radius 2 is 2.00 bits per heavy atom. The summed E-state index contributed by atoms with van der Waals surface area (Å²) in [6, 6.07) is 5.45. The summed E-state index contributed by atoms with van der Waals surface area (Å²) in [4.78, 5) is 2.06. The van der Waals surface area contributed by atoms with E-state index in [9.17, 15) is 13.2 Å². The Bertz CT molecular complexity index is 526. The van der Waals surface area contributed by atoms with Crippen LogP contribution in [0.1, 0.15) is 37.8 Å². The van der Waals surface area contributed by atoms with Crippen molar-refractivity contribution < 1.29 is 13.2 Å². The molecule has 1 aromatic rings. The van der Waals surface area contributed by atoms with Crippen LogP contribution < -0.4 is 4.90 Å². The van der Waals surface area contributed by atoms with E-state index in [1.807, 2.05) is 0 Å². The molecule has 0 atom stereocenters. The van der Waals surface area contributed by atoms with Crippen molar-refractivity contribution >= 4 is 5.69 Å². The van der Waals surface area contributed by atoms with E-state index in [1.165, 1.54) is 12.1 Å². The zero-order chi connectivity index (χ0) is 14.3. The molecule has 0 aromatic heterocycles. The highest BCUT2D eigenvalue weighted by atomic mass is 19.4. The first-order valence-corrected chi connectivity index (χ1v) is 6.15. The van der Waals surface area contributed by atoms with Gasteiger partial charge in [0.1, 0.15) is 0 Å². The molecule has 1 aromatic carbocycles. The van der Waals surface area contributed by atoms with Gasteiger partial charge in [-0.25, -0.2) is 0 Å². The van der Waals surface area contributed by atoms with E-state index < -0.39 is 11.7 Å². The number of nitrogens with zero attached hydrogens (tertiary/aromatic N) is 2. The Hall–Kier alpha value is -1.70. The van der Waals surface area contributed by atoms with E-state index in [4.69, 9.17) is 5.26 Å². The van der Waals surface area contributed by atoms with Gasteiger partial charge in [0.2, 0.25) is 0 Å². The zero-order valence-corrected chi connectivity index (χ0v) is 10.9. The predicted molar refractivity (Wildman–Crippen MR) is 66.8 cm³/mol. The number of anilines is 1. The lowest BCUT2D eigenvalue weighted by Crippen LogP contribution is -2.38. The van der Waals surface area contributed by atoms with E-state index in [-0.39, 0.29) is 11.1 Å². The molecule has 1 fully saturated rings. The van der Waals surface area contributed by atoms with Crippen molar-refractivity contribution in [3.8, 4) is 6.07 Å². The van der Waals surface area contributed by atoms with E-state index in [1.54, 1.807) is 6.07 Å². The molecule has 0 spiro atoms. The Balaban J connectivity index is 2.44. The van der Waals surface area contributed by atoms with Crippen LogP contribution >= 0.6 is 0 Å². The highest BCUT2D eigenvalue weighted by Gasteiger charge is 2.36. The number of hydrogen-bond acceptors (Lipinski definition) is 2. The van der Waals surface area contributed by atoms with Crippen LogP contribution in [0.15, 0.2) is 18.2 Å². The molecule has 0 unspecified atom stereocenters. The largest absolute Gasteiger partial charge is 0.417 e. The van der Waals surface area contributed by atoms with Gasteiger partial charge >= 0.3 is 6.18 Å². The molecule has 0 N–H and O–H groups in total. The molecule has 19 heavy (non-hydrogen) atoms. The van der Waals surface area contributed by atoms with E-state index >= 15 is 0 Å². The van der Waals surface area contributed by atoms with Gasteiger partial charge in [0.05, 0.1) is 17.2 Å². The van der Waals surface area contributed by atoms with Crippen molar-refractivity contribution in [2.24, 2.45) is 0 Å². The van der Waals surface area contributed by atoms with E-state index in [0.717, 1.165) is 25.5 Å². The van der Waals surface area contributed by atoms with Crippen LogP contribution in [-0.2, 0) is 6.18 Å². The minimum atomic E-state index is -4.48. The van der Waals surface area contributed by atoms with E-state index in [0.29, 0.717) is 5.69 Å². The molecule has 2 nitrogen and oxygen atoms in total. The molecule has 2 rings (SSSR count). The summed E-state index contributed by atoms with van der Waals surface area (Å²) in [5, 5.41) is 8.91. The second kappa shape index (κ2) is 4.44. The number of rotatable bonds is 1. The Morgan fingerprint density at radius 1 is 1.32 bits per heavy atom. The average Bonchev–Trinajstić information content (AvgIpc) is 2.67. The summed E-state index contributed by atoms with van der Waals surface area (Å²) >= 11 is 0. The molecule has 1 aliphatic heterocycles. The number of hydrogen-bond donors (Lipinski definition) is 0. The summed E-state index contributed by atoms with van der Waals surface area (Å²) < 4.78 is 38.2. The number of alkyl halides is 3. The van der Waals surface area contributed by atoms with Crippen LogP contribution in [0.4, 0.5) is 18.9 Å². The molecule has 0 bridgehead atoms. The summed E-state index contributed by atoms with van der Waals surface area (Å²) in [5.41, 5.74) is -0.567. The molecular formula is C14H15F3N2. The van der Waals surface area contributed by atoms with Gasteiger partial charge in [-0.1, -0.05) is 0 Å². The fraction of sp³-hybridized carbons (Fsp3) is 0.500. The highest BCUT2D eigenvalue weighted by Crippen LogP contribution is 2.37. The maximum absolute atomic E-state index is 12.7. The lowest BCUT2D eigenvalue weighted by Gasteiger charge is -2.34. The maximum atomic E-state index is 12.7. The lowest BCUT2D eigenvalue weighted by atomic mass is 10.0. The Morgan fingerprint density at radius 3 is 2.47 bits per heavy atom. The fourth-order valence-corrected chi connectivity index (χ4v) is 2.63. The molecule has 102 valence electrons. The van der Waals surface area contributed by atoms with Gasteiger partial charge in [0.25, 0.3) is 0 Å². The third-order valence-electron chi connectivity index (χ3n) is 3.64. The minimum Gasteiger partial charge on any atom is -0.366 e. The first kappa shape index (κ1) is 13.7. The molecule has 0 saturated carbocycles. The summed E-state index contributed by atoms with van der Waals surface area (Å²) in [7, 11) is 0. The standard InChI is InChI=1S/C14H15F3N2/c1-13(2)6-3-7-19(13)11-4-5-12(14(15,16)17)10(8-11)9-18/h4-5,8H,3,6-7H2,1-2H3. The lowest BCUT2D eigenvalue weighted by molar-refractivity contribution is -0.137. The quantitative estimate of drug-likeness (QED) is 0.771. The van der Waals surface area contributed by atoms with Crippen molar-refractivity contribution in [2.75, 3.05) is 11.4 Å². The van der Waals surface area contributed by atoms with Gasteiger partial charge in [-0.3, -0.25) is 0 Å². The van der Waals surface area contributed by atoms with Crippen LogP contribution in [0.5, 0.6) is 0 Å². The smallest absolute Gasteiger partial charge is 0.366 e. The minimum absolute atomic E-state index is 0.0769.